The average Bonchev–Trinajstić information content (AvgIpc) is 0.749. The number of likely N-dealkylation sites (N-methyl/N-ethyl adjacent to an activating group) is 1. The summed E-state index contributed by atoms with van der Waals surface area (Å²) < 4.78 is 53.1. The molecular weight excluding hydrogens is 1750 g/mol. The number of halogens is 2. The number of benzene rings is 5. The van der Waals surface area contributed by atoms with E-state index >= 15 is 28.8 Å². The van der Waals surface area contributed by atoms with Crippen LogP contribution < -0.4 is 62.9 Å². The van der Waals surface area contributed by atoms with Gasteiger partial charge in [0.1, 0.15) is 83.4 Å². The van der Waals surface area contributed by atoms with Gasteiger partial charge in [-0.2, -0.15) is 0 Å². The van der Waals surface area contributed by atoms with Gasteiger partial charge >= 0.3 is 6.03 Å². The van der Waals surface area contributed by atoms with Crippen LogP contribution in [0, 0.1) is 41.4 Å². The summed E-state index contributed by atoms with van der Waals surface area (Å²) in [6.45, 7) is 11.0. The second-order valence-corrected chi connectivity index (χ2v) is 39.2. The van der Waals surface area contributed by atoms with Gasteiger partial charge in [0.15, 0.2) is 47.5 Å². The molecule has 17 rings (SSSR count). The number of aromatic hydroxyl groups is 3. The topological polar surface area (TPSA) is 546 Å². The number of carbonyl (C=O) groups excluding carboxylic acids is 9. The number of amides is 7. The number of ketones is 3. The molecule has 15 bridgehead atoms. The van der Waals surface area contributed by atoms with E-state index in [4.69, 9.17) is 72.6 Å². The maximum Gasteiger partial charge on any atom is 0.321 e. The minimum absolute atomic E-state index is 0.0516. The van der Waals surface area contributed by atoms with Crippen LogP contribution in [0.1, 0.15) is 222 Å². The number of hydrogen-bond donors (Lipinski definition) is 18. The molecule has 22 atom stereocenters. The molecule has 4 aliphatic carbocycles. The monoisotopic (exact) mass is 1880 g/mol. The number of unbranched alkanes of at least 4 members (excludes halogenated alkanes) is 5. The molecule has 7 amide bonds. The van der Waals surface area contributed by atoms with Crippen LogP contribution in [0.4, 0.5) is 4.79 Å². The van der Waals surface area contributed by atoms with E-state index in [0.717, 1.165) is 94.5 Å². The lowest BCUT2D eigenvalue weighted by molar-refractivity contribution is -0.333. The third-order valence-electron chi connectivity index (χ3n) is 27.7. The summed E-state index contributed by atoms with van der Waals surface area (Å²) in [5.74, 6) is -15.7. The maximum atomic E-state index is 17.1. The van der Waals surface area contributed by atoms with Gasteiger partial charge in [-0.15, -0.1) is 0 Å². The Balaban J connectivity index is 0.991. The summed E-state index contributed by atoms with van der Waals surface area (Å²) in [4.78, 5) is 142. The summed E-state index contributed by atoms with van der Waals surface area (Å²) in [6, 6.07) is 5.49. The summed E-state index contributed by atoms with van der Waals surface area (Å²) in [5.41, 5.74) is 9.05. The Kier molecular flexibility index (Phi) is 31.1. The molecule has 0 aromatic heterocycles. The van der Waals surface area contributed by atoms with Gasteiger partial charge in [-0.25, -0.2) is 4.79 Å². The summed E-state index contributed by atoms with van der Waals surface area (Å²) >= 11 is 14.9. The number of nitrogens with two attached hydrogens (primary N) is 2. The maximum absolute atomic E-state index is 17.1. The first-order valence-corrected chi connectivity index (χ1v) is 46.5. The number of hydrogen-bond acceptors (Lipinski definition) is 29. The van der Waals surface area contributed by atoms with E-state index < -0.39 is 252 Å². The summed E-state index contributed by atoms with van der Waals surface area (Å²) in [5, 5.41) is 125. The van der Waals surface area contributed by atoms with Gasteiger partial charge in [-0.3, -0.25) is 43.7 Å². The van der Waals surface area contributed by atoms with Gasteiger partial charge in [0.2, 0.25) is 41.6 Å². The lowest BCUT2D eigenvalue weighted by Crippen LogP contribution is -2.64. The quantitative estimate of drug-likeness (QED) is 0.0260. The molecule has 0 spiro atoms. The van der Waals surface area contributed by atoms with Gasteiger partial charge in [0, 0.05) is 73.3 Å². The zero-order valence-corrected chi connectivity index (χ0v) is 76.5. The van der Waals surface area contributed by atoms with Crippen molar-refractivity contribution in [2.45, 2.75) is 291 Å². The van der Waals surface area contributed by atoms with Gasteiger partial charge in [-0.1, -0.05) is 94.3 Å². The Labute approximate surface area is 774 Å². The molecule has 5 aromatic rings. The number of nitrogens with one attached hydrogen (secondary N) is 7. The molecule has 3 saturated heterocycles. The first kappa shape index (κ1) is 98.7. The largest absolute Gasteiger partial charge is 0.508 e. The standard InChI is InChI=1S/C95H123Cl2N9O26/c1-9-10-11-12-13-14-21-101-93(124)102-72(114)34-53-31-64(111)78(105-90(122)61(100-8)22-42(2)3)80(115)48-16-19-67(59(96)29-48)127-69-32-52-33-70(84(69)132-92-85(82(117)81(116)71(41-107)129-92)131-74-40-95(7,99)87(119)44(5)126-74)128-68-20-17-49(30-60(68)97)83(130-73-39-94(6,98)86(118)43(4)125-73)79-91(123)104-77(66(113)37-55-50-24-45-23-46(26-50)27-51(55)25-45)58-35-54(108)36-63(110)75(58)57-28-47(15-18-62(57)109)56(89(121)106-79)38-65(112)76(52)103-88(53)120/h15-20,28-30,32-33,35-36,42-46,50-51,53,55-56,61,71,73-74,76-83,85-87,92,100,107-110,115-119H,9-14,21-27,31,34,37-41,98-99H2,1-8H3,(H,103,120)(H,104,123)(H,105,122)(H,106,121)(H2,101,102,114,124)/t43?,44?,45?,46?,50?,51?,53-,55?,56+,61+,71?,73?,74?,76+,77-,78-,79+,80+,81?,82?,83+,85?,86?,87?,92?,94?,95?/m0/s1. The van der Waals surface area contributed by atoms with E-state index in [9.17, 15) is 60.3 Å². The number of rotatable bonds is 24. The van der Waals surface area contributed by atoms with Crippen molar-refractivity contribution in [1.29, 1.82) is 0 Å². The zero-order chi connectivity index (χ0) is 95.0. The normalized spacial score (nSPS) is 33.1. The zero-order valence-electron chi connectivity index (χ0n) is 75.0. The number of phenols is 3. The number of aliphatic hydroxyl groups excluding tert-OH is 6. The van der Waals surface area contributed by atoms with Crippen molar-refractivity contribution in [1.82, 2.24) is 37.2 Å². The van der Waals surface area contributed by atoms with Gasteiger partial charge < -0.3 is 127 Å². The number of phenolic OH excluding ortho intramolecular Hbond substituents is 3. The average molecular weight is 1880 g/mol. The highest BCUT2D eigenvalue weighted by molar-refractivity contribution is 6.32. The van der Waals surface area contributed by atoms with Crippen molar-refractivity contribution in [2.24, 2.45) is 52.9 Å². The fraction of sp³-hybridized carbons (Fsp3) is 0.589. The third-order valence-corrected chi connectivity index (χ3v) is 28.3. The second-order valence-electron chi connectivity index (χ2n) is 38.4. The van der Waals surface area contributed by atoms with Crippen molar-refractivity contribution in [3.63, 3.8) is 0 Å². The Morgan fingerprint density at radius 3 is 1.86 bits per heavy atom. The molecule has 35 nitrogen and oxygen atoms in total. The highest BCUT2D eigenvalue weighted by atomic mass is 35.5. The van der Waals surface area contributed by atoms with E-state index in [1.165, 1.54) is 76.3 Å². The van der Waals surface area contributed by atoms with Crippen LogP contribution in [-0.4, -0.2) is 216 Å². The van der Waals surface area contributed by atoms with Crippen molar-refractivity contribution in [2.75, 3.05) is 20.2 Å². The molecule has 718 valence electrons. The molecule has 37 heteroatoms. The van der Waals surface area contributed by atoms with Crippen LogP contribution in [0.25, 0.3) is 11.1 Å². The van der Waals surface area contributed by atoms with Crippen LogP contribution in [0.15, 0.2) is 78.9 Å². The van der Waals surface area contributed by atoms with E-state index in [0.29, 0.717) is 18.3 Å². The summed E-state index contributed by atoms with van der Waals surface area (Å²) in [6.07, 6.45) is -15.0. The summed E-state index contributed by atoms with van der Waals surface area (Å²) in [7, 11) is 1.51. The Morgan fingerprint density at radius 1 is 0.644 bits per heavy atom. The molecule has 8 aliphatic heterocycles. The molecular formula is C95H123Cl2N9O26. The van der Waals surface area contributed by atoms with Gasteiger partial charge in [0.05, 0.1) is 58.9 Å². The number of Topliss-reactive ketones (excluding diaryl/α,β-unsaturated/α-hetero) is 3. The molecule has 12 aliphatic rings. The smallest absolute Gasteiger partial charge is 0.321 e. The first-order chi connectivity index (χ1) is 62.7. The van der Waals surface area contributed by atoms with Crippen molar-refractivity contribution in [3.05, 3.63) is 117 Å². The minimum atomic E-state index is -2.27. The SMILES string of the molecule is CCCCCCCCNC(=O)NC(=O)C[C@@H]1CC(=O)[C@H](NC(=O)[C@@H](CC(C)C)NC)[C@H](O)c2ccc(c(Cl)c2)Oc2cc3cc(c2OC2OC(CO)C(O)C(O)C2OC2CC(C)(N)C(O)C(C)O2)Oc2ccc(cc2Cl)[C@@H](OC2CC(C)(N)C(O)C(C)O2)[C@H]2NC(=O)[C@H](CC(=O)[C@@H]3NC1=O)c1ccc(O)c(c1)-c1c(O)cc(O)cc1[C@@H](C(=O)CC1C3CC4CC(C3)CC1C4)NC2=O. The van der Waals surface area contributed by atoms with Crippen LogP contribution in [0.2, 0.25) is 10.0 Å². The van der Waals surface area contributed by atoms with E-state index in [1.807, 2.05) is 13.8 Å². The van der Waals surface area contributed by atoms with Crippen LogP contribution in [-0.2, 0) is 62.0 Å². The molecule has 5 aromatic carbocycles. The first-order valence-electron chi connectivity index (χ1n) is 45.8. The Morgan fingerprint density at radius 2 is 1.25 bits per heavy atom. The van der Waals surface area contributed by atoms with Crippen molar-refractivity contribution >= 4 is 76.1 Å². The van der Waals surface area contributed by atoms with Crippen molar-refractivity contribution < 1.29 is 127 Å². The van der Waals surface area contributed by atoms with Crippen molar-refractivity contribution in [3.8, 4) is 57.1 Å². The molecule has 132 heavy (non-hydrogen) atoms. The fourth-order valence-electron chi connectivity index (χ4n) is 20.9. The van der Waals surface area contributed by atoms with E-state index in [2.05, 4.69) is 44.1 Å². The van der Waals surface area contributed by atoms with Crippen LogP contribution in [0.5, 0.6) is 46.0 Å². The van der Waals surface area contributed by atoms with Crippen LogP contribution >= 0.6 is 23.2 Å². The predicted octanol–water partition coefficient (Wildman–Crippen LogP) is 7.97. The predicted molar refractivity (Wildman–Crippen MR) is 477 cm³/mol. The third kappa shape index (κ3) is 22.0. The molecule has 13 unspecified atom stereocenters. The number of carbonyl (C=O) groups is 9. The number of imide groups is 1. The van der Waals surface area contributed by atoms with E-state index in [-0.39, 0.29) is 111 Å². The second kappa shape index (κ2) is 41.5. The minimum Gasteiger partial charge on any atom is -0.508 e. The molecule has 4 saturated carbocycles. The highest BCUT2D eigenvalue weighted by Crippen LogP contribution is 2.59. The van der Waals surface area contributed by atoms with E-state index in [1.54, 1.807) is 6.92 Å². The lowest BCUT2D eigenvalue weighted by Gasteiger charge is -2.54. The molecule has 8 heterocycles. The molecule has 20 N–H and O–H groups in total. The number of aliphatic hydroxyl groups is 6. The number of ether oxygens (including phenoxy) is 8. The van der Waals surface area contributed by atoms with Crippen LogP contribution in [0.3, 0.4) is 0 Å². The Bertz CT molecular complexity index is 5090. The fourth-order valence-corrected chi connectivity index (χ4v) is 21.3. The molecule has 0 radical (unpaired) electrons. The lowest BCUT2D eigenvalue weighted by atomic mass is 9.51. The Hall–Kier alpha value is -9.25. The highest BCUT2D eigenvalue weighted by Gasteiger charge is 2.54. The number of urea groups is 1. The molecule has 7 fully saturated rings. The van der Waals surface area contributed by atoms with Gasteiger partial charge in [0.25, 0.3) is 0 Å². The van der Waals surface area contributed by atoms with Gasteiger partial charge in [-0.05, 0) is 198 Å². The number of fused-ring (bicyclic) bond motifs is 15.